The maximum absolute atomic E-state index is 12.8. The van der Waals surface area contributed by atoms with Gasteiger partial charge in [-0.25, -0.2) is 0 Å². The Morgan fingerprint density at radius 3 is 2.36 bits per heavy atom. The monoisotopic (exact) mass is 456 g/mol. The van der Waals surface area contributed by atoms with E-state index in [4.69, 9.17) is 33.2 Å². The molecule has 0 saturated carbocycles. The van der Waals surface area contributed by atoms with Crippen molar-refractivity contribution >= 4 is 11.9 Å². The molecular weight excluding hydrogens is 432 g/mol. The number of hydrogen-bond acceptors (Lipinski definition) is 9. The van der Waals surface area contributed by atoms with Gasteiger partial charge in [0.2, 0.25) is 12.5 Å². The number of benzene rings is 2. The Morgan fingerprint density at radius 2 is 1.70 bits per heavy atom. The van der Waals surface area contributed by atoms with Crippen LogP contribution in [-0.2, 0) is 25.5 Å². The molecule has 1 saturated heterocycles. The van der Waals surface area contributed by atoms with Gasteiger partial charge >= 0.3 is 11.9 Å². The Morgan fingerprint density at radius 1 is 0.970 bits per heavy atom. The SMILES string of the molecule is COc1cc2c(c(OC)c1OC)-c1cc3c(cc1[C@@H](OC(C)=O)[C@@H]1COC(=O)[C@H]1C2)OCO3. The summed E-state index contributed by atoms with van der Waals surface area (Å²) in [6.07, 6.45) is -0.379. The van der Waals surface area contributed by atoms with Crippen molar-refractivity contribution in [3.8, 4) is 39.9 Å². The van der Waals surface area contributed by atoms with Crippen molar-refractivity contribution in [3.05, 3.63) is 29.3 Å². The Bertz CT molecular complexity index is 1140. The van der Waals surface area contributed by atoms with Gasteiger partial charge in [0, 0.05) is 24.0 Å². The highest BCUT2D eigenvalue weighted by atomic mass is 16.7. The fourth-order valence-electron chi connectivity index (χ4n) is 4.98. The summed E-state index contributed by atoms with van der Waals surface area (Å²) in [5.74, 6) is 0.764. The van der Waals surface area contributed by atoms with Crippen molar-refractivity contribution in [1.29, 1.82) is 0 Å². The molecule has 3 atom stereocenters. The molecular formula is C24H24O9. The molecule has 0 aromatic heterocycles. The van der Waals surface area contributed by atoms with Crippen LogP contribution >= 0.6 is 0 Å². The first-order valence-electron chi connectivity index (χ1n) is 10.6. The summed E-state index contributed by atoms with van der Waals surface area (Å²) in [7, 11) is 4.61. The van der Waals surface area contributed by atoms with Crippen molar-refractivity contribution in [3.63, 3.8) is 0 Å². The van der Waals surface area contributed by atoms with Gasteiger partial charge in [-0.2, -0.15) is 0 Å². The Labute approximate surface area is 190 Å². The molecule has 2 aliphatic heterocycles. The standard InChI is InChI=1S/C24H24O9/c1-11(25)33-21-14-8-18-17(31-10-32-18)7-13(14)20-12(5-15-16(21)9-30-24(15)26)6-19(27-2)22(28-3)23(20)29-4/h6-8,15-16,21H,5,9-10H2,1-4H3/t15-,16+,21+/m0/s1. The van der Waals surface area contributed by atoms with E-state index in [1.54, 1.807) is 20.3 Å². The average molecular weight is 456 g/mol. The van der Waals surface area contributed by atoms with Crippen molar-refractivity contribution < 1.29 is 42.7 Å². The molecule has 1 fully saturated rings. The Hall–Kier alpha value is -3.62. The number of hydrogen-bond donors (Lipinski definition) is 0. The summed E-state index contributed by atoms with van der Waals surface area (Å²) < 4.78 is 39.5. The number of carbonyl (C=O) groups excluding carboxylic acids is 2. The van der Waals surface area contributed by atoms with E-state index < -0.39 is 18.0 Å². The molecule has 5 rings (SSSR count). The summed E-state index contributed by atoms with van der Waals surface area (Å²) in [4.78, 5) is 24.9. The minimum atomic E-state index is -0.727. The number of fused-ring (bicyclic) bond motifs is 5. The molecule has 0 unspecified atom stereocenters. The van der Waals surface area contributed by atoms with E-state index in [9.17, 15) is 9.59 Å². The van der Waals surface area contributed by atoms with E-state index in [2.05, 4.69) is 0 Å². The van der Waals surface area contributed by atoms with Crippen LogP contribution in [0.4, 0.5) is 0 Å². The molecule has 0 bridgehead atoms. The first-order chi connectivity index (χ1) is 16.0. The molecule has 9 nitrogen and oxygen atoms in total. The van der Waals surface area contributed by atoms with Gasteiger partial charge in [0.25, 0.3) is 0 Å². The van der Waals surface area contributed by atoms with Gasteiger partial charge in [-0.1, -0.05) is 0 Å². The second-order valence-electron chi connectivity index (χ2n) is 8.11. The number of rotatable bonds is 4. The molecule has 0 N–H and O–H groups in total. The molecule has 0 radical (unpaired) electrons. The third-order valence-corrected chi connectivity index (χ3v) is 6.39. The van der Waals surface area contributed by atoms with Gasteiger partial charge < -0.3 is 33.2 Å². The molecule has 33 heavy (non-hydrogen) atoms. The lowest BCUT2D eigenvalue weighted by atomic mass is 9.76. The minimum Gasteiger partial charge on any atom is -0.493 e. The number of methoxy groups -OCH3 is 3. The summed E-state index contributed by atoms with van der Waals surface area (Å²) in [5.41, 5.74) is 2.93. The van der Waals surface area contributed by atoms with E-state index in [1.807, 2.05) is 12.1 Å². The van der Waals surface area contributed by atoms with Gasteiger partial charge in [-0.05, 0) is 35.7 Å². The second-order valence-corrected chi connectivity index (χ2v) is 8.11. The third kappa shape index (κ3) is 3.30. The average Bonchev–Trinajstić information content (AvgIpc) is 3.40. The topological polar surface area (TPSA) is 98.8 Å². The predicted molar refractivity (Wildman–Crippen MR) is 114 cm³/mol. The maximum Gasteiger partial charge on any atom is 0.309 e. The van der Waals surface area contributed by atoms with Crippen LogP contribution in [0.25, 0.3) is 11.1 Å². The van der Waals surface area contributed by atoms with Gasteiger partial charge in [-0.15, -0.1) is 0 Å². The zero-order valence-corrected chi connectivity index (χ0v) is 18.8. The van der Waals surface area contributed by atoms with Crippen molar-refractivity contribution in [1.82, 2.24) is 0 Å². The molecule has 2 aromatic rings. The van der Waals surface area contributed by atoms with Crippen molar-refractivity contribution in [2.45, 2.75) is 19.4 Å². The second kappa shape index (κ2) is 8.06. The summed E-state index contributed by atoms with van der Waals surface area (Å²) >= 11 is 0. The van der Waals surface area contributed by atoms with Gasteiger partial charge in [0.05, 0.1) is 33.9 Å². The molecule has 1 aliphatic carbocycles. The first-order valence-corrected chi connectivity index (χ1v) is 10.6. The normalized spacial score (nSPS) is 22.2. The van der Waals surface area contributed by atoms with Crippen molar-refractivity contribution in [2.24, 2.45) is 11.8 Å². The van der Waals surface area contributed by atoms with Crippen LogP contribution in [0.3, 0.4) is 0 Å². The van der Waals surface area contributed by atoms with Crippen LogP contribution in [0.5, 0.6) is 28.7 Å². The Balaban J connectivity index is 1.86. The molecule has 2 aromatic carbocycles. The first kappa shape index (κ1) is 21.2. The van der Waals surface area contributed by atoms with E-state index in [-0.39, 0.29) is 25.3 Å². The highest BCUT2D eigenvalue weighted by Crippen LogP contribution is 2.55. The summed E-state index contributed by atoms with van der Waals surface area (Å²) in [6, 6.07) is 5.50. The third-order valence-electron chi connectivity index (χ3n) is 6.39. The van der Waals surface area contributed by atoms with Gasteiger partial charge in [0.1, 0.15) is 6.10 Å². The molecule has 174 valence electrons. The van der Waals surface area contributed by atoms with Crippen LogP contribution < -0.4 is 23.7 Å². The van der Waals surface area contributed by atoms with Crippen LogP contribution in [0.2, 0.25) is 0 Å². The predicted octanol–water partition coefficient (Wildman–Crippen LogP) is 3.06. The molecule has 0 amide bonds. The lowest BCUT2D eigenvalue weighted by Gasteiger charge is -2.32. The lowest BCUT2D eigenvalue weighted by molar-refractivity contribution is -0.150. The van der Waals surface area contributed by atoms with Crippen LogP contribution in [0, 0.1) is 11.8 Å². The fraction of sp³-hybridized carbons (Fsp3) is 0.417. The minimum absolute atomic E-state index is 0.0834. The highest BCUT2D eigenvalue weighted by Gasteiger charge is 2.47. The van der Waals surface area contributed by atoms with E-state index in [0.717, 1.165) is 11.1 Å². The zero-order chi connectivity index (χ0) is 23.3. The number of ether oxygens (including phenoxy) is 7. The van der Waals surface area contributed by atoms with E-state index in [0.29, 0.717) is 46.3 Å². The number of esters is 2. The largest absolute Gasteiger partial charge is 0.493 e. The van der Waals surface area contributed by atoms with E-state index >= 15 is 0 Å². The van der Waals surface area contributed by atoms with Crippen LogP contribution in [0.1, 0.15) is 24.2 Å². The summed E-state index contributed by atoms with van der Waals surface area (Å²) in [6.45, 7) is 1.58. The van der Waals surface area contributed by atoms with Crippen LogP contribution in [-0.4, -0.2) is 46.7 Å². The smallest absolute Gasteiger partial charge is 0.309 e. The summed E-state index contributed by atoms with van der Waals surface area (Å²) in [5, 5.41) is 0. The quantitative estimate of drug-likeness (QED) is 0.643. The molecule has 2 heterocycles. The van der Waals surface area contributed by atoms with Gasteiger partial charge in [-0.3, -0.25) is 9.59 Å². The number of cyclic esters (lactones) is 1. The molecule has 9 heteroatoms. The van der Waals surface area contributed by atoms with Crippen molar-refractivity contribution in [2.75, 3.05) is 34.7 Å². The van der Waals surface area contributed by atoms with Crippen LogP contribution in [0.15, 0.2) is 18.2 Å². The van der Waals surface area contributed by atoms with Gasteiger partial charge in [0.15, 0.2) is 23.0 Å². The lowest BCUT2D eigenvalue weighted by Crippen LogP contribution is -2.29. The molecule has 0 spiro atoms. The van der Waals surface area contributed by atoms with E-state index in [1.165, 1.54) is 14.0 Å². The Kier molecular flexibility index (Phi) is 5.19. The number of carbonyl (C=O) groups is 2. The molecule has 3 aliphatic rings. The zero-order valence-electron chi connectivity index (χ0n) is 18.8. The maximum atomic E-state index is 12.8. The fourth-order valence-corrected chi connectivity index (χ4v) is 4.98. The highest BCUT2D eigenvalue weighted by molar-refractivity contribution is 5.86.